The molecule has 0 fully saturated rings. The topological polar surface area (TPSA) is 87.7 Å². The van der Waals surface area contributed by atoms with E-state index in [2.05, 4.69) is 16.6 Å². The van der Waals surface area contributed by atoms with Crippen LogP contribution < -0.4 is 10.6 Å². The molecule has 2 atom stereocenters. The Morgan fingerprint density at radius 1 is 1.06 bits per heavy atom. The Morgan fingerprint density at radius 3 is 2.31 bits per heavy atom. The zero-order valence-corrected chi connectivity index (χ0v) is 21.8. The summed E-state index contributed by atoms with van der Waals surface area (Å²) in [4.78, 5) is 41.1. The first kappa shape index (κ1) is 28.4. The third-order valence-corrected chi connectivity index (χ3v) is 5.50. The van der Waals surface area contributed by atoms with Gasteiger partial charge in [0, 0.05) is 25.6 Å². The molecule has 0 radical (unpaired) electrons. The van der Waals surface area contributed by atoms with E-state index in [4.69, 9.17) is 11.2 Å². The van der Waals surface area contributed by atoms with E-state index in [9.17, 15) is 14.4 Å². The van der Waals surface area contributed by atoms with E-state index in [1.54, 1.807) is 52.1 Å². The molecule has 0 saturated heterocycles. The van der Waals surface area contributed by atoms with Crippen LogP contribution in [0.4, 0.5) is 4.79 Å². The maximum atomic E-state index is 13.8. The van der Waals surface area contributed by atoms with Crippen molar-refractivity contribution < 1.29 is 19.1 Å². The van der Waals surface area contributed by atoms with Crippen molar-refractivity contribution in [2.75, 3.05) is 13.6 Å². The molecule has 36 heavy (non-hydrogen) atoms. The fraction of sp³-hybridized carbons (Fsp3) is 0.414. The molecule has 7 heteroatoms. The van der Waals surface area contributed by atoms with Gasteiger partial charge in [-0.3, -0.25) is 9.59 Å². The number of hydrogen-bond donors (Lipinski definition) is 2. The maximum Gasteiger partial charge on any atom is 0.408 e. The number of rotatable bonds is 10. The summed E-state index contributed by atoms with van der Waals surface area (Å²) in [5.41, 5.74) is 1.19. The van der Waals surface area contributed by atoms with E-state index in [-0.39, 0.29) is 12.3 Å². The molecule has 0 saturated carbocycles. The Balaban J connectivity index is 2.42. The second-order valence-electron chi connectivity index (χ2n) is 9.62. The van der Waals surface area contributed by atoms with Gasteiger partial charge in [0.05, 0.1) is 0 Å². The molecule has 2 rings (SSSR count). The molecule has 2 unspecified atom stereocenters. The summed E-state index contributed by atoms with van der Waals surface area (Å²) >= 11 is 0. The number of alkyl carbamates (subject to hydrolysis) is 1. The summed E-state index contributed by atoms with van der Waals surface area (Å²) in [6.45, 7) is 7.76. The van der Waals surface area contributed by atoms with Crippen molar-refractivity contribution in [1.82, 2.24) is 15.5 Å². The molecule has 192 valence electrons. The number of amides is 3. The van der Waals surface area contributed by atoms with Gasteiger partial charge in [-0.2, -0.15) is 0 Å². The highest BCUT2D eigenvalue weighted by Crippen LogP contribution is 2.25. The SMILES string of the molecule is C#Cc1ccccc1C(C(=O)NCCCC)N(C)C(=O)C(Cc1ccccc1)NC(=O)OC(C)(C)C. The van der Waals surface area contributed by atoms with Gasteiger partial charge in [-0.15, -0.1) is 6.42 Å². The summed E-state index contributed by atoms with van der Waals surface area (Å²) in [6, 6.07) is 14.5. The smallest absolute Gasteiger partial charge is 0.408 e. The first-order valence-electron chi connectivity index (χ1n) is 12.2. The average Bonchev–Trinajstić information content (AvgIpc) is 2.83. The van der Waals surface area contributed by atoms with Gasteiger partial charge in [0.25, 0.3) is 0 Å². The monoisotopic (exact) mass is 491 g/mol. The van der Waals surface area contributed by atoms with Gasteiger partial charge in [0.1, 0.15) is 17.7 Å². The number of nitrogens with zero attached hydrogens (tertiary/aromatic N) is 1. The van der Waals surface area contributed by atoms with Crippen LogP contribution in [-0.2, 0) is 20.7 Å². The van der Waals surface area contributed by atoms with Gasteiger partial charge in [0.15, 0.2) is 0 Å². The molecule has 0 aliphatic heterocycles. The normalized spacial score (nSPS) is 12.6. The number of carbonyl (C=O) groups excluding carboxylic acids is 3. The molecule has 2 aromatic carbocycles. The zero-order valence-electron chi connectivity index (χ0n) is 21.8. The van der Waals surface area contributed by atoms with E-state index in [0.29, 0.717) is 17.7 Å². The summed E-state index contributed by atoms with van der Waals surface area (Å²) in [5, 5.41) is 5.62. The Bertz CT molecular complexity index is 1070. The highest BCUT2D eigenvalue weighted by atomic mass is 16.6. The average molecular weight is 492 g/mol. The number of terminal acetylenes is 1. The lowest BCUT2D eigenvalue weighted by Crippen LogP contribution is -2.52. The van der Waals surface area contributed by atoms with Gasteiger partial charge in [-0.1, -0.05) is 67.8 Å². The predicted molar refractivity (Wildman–Crippen MR) is 141 cm³/mol. The number of nitrogens with one attached hydrogen (secondary N) is 2. The Kier molecular flexibility index (Phi) is 10.5. The van der Waals surface area contributed by atoms with Crippen LogP contribution in [0.5, 0.6) is 0 Å². The zero-order chi connectivity index (χ0) is 26.7. The van der Waals surface area contributed by atoms with E-state index < -0.39 is 29.7 Å². The highest BCUT2D eigenvalue weighted by Gasteiger charge is 2.35. The summed E-state index contributed by atoms with van der Waals surface area (Å²) in [5.74, 6) is 1.84. The minimum absolute atomic E-state index is 0.226. The number of hydrogen-bond acceptors (Lipinski definition) is 4. The Labute approximate surface area is 214 Å². The summed E-state index contributed by atoms with van der Waals surface area (Å²) in [6.07, 6.45) is 6.96. The third-order valence-electron chi connectivity index (χ3n) is 5.50. The quantitative estimate of drug-likeness (QED) is 0.385. The fourth-order valence-corrected chi connectivity index (χ4v) is 3.75. The molecule has 3 amide bonds. The number of unbranched alkanes of at least 4 members (excludes halogenated alkanes) is 1. The van der Waals surface area contributed by atoms with Crippen molar-refractivity contribution in [3.63, 3.8) is 0 Å². The van der Waals surface area contributed by atoms with Crippen LogP contribution in [0.15, 0.2) is 54.6 Å². The molecule has 0 aliphatic rings. The second kappa shape index (κ2) is 13.3. The first-order valence-corrected chi connectivity index (χ1v) is 12.2. The van der Waals surface area contributed by atoms with Gasteiger partial charge >= 0.3 is 6.09 Å². The molecule has 0 aromatic heterocycles. The number of benzene rings is 2. The molecule has 0 aliphatic carbocycles. The summed E-state index contributed by atoms with van der Waals surface area (Å²) in [7, 11) is 1.55. The first-order chi connectivity index (χ1) is 17.1. The van der Waals surface area contributed by atoms with Crippen LogP contribution in [-0.4, -0.2) is 48.0 Å². The van der Waals surface area contributed by atoms with Crippen molar-refractivity contribution in [3.8, 4) is 12.3 Å². The van der Waals surface area contributed by atoms with Crippen molar-refractivity contribution in [3.05, 3.63) is 71.3 Å². The van der Waals surface area contributed by atoms with Crippen molar-refractivity contribution in [2.45, 2.75) is 64.6 Å². The van der Waals surface area contributed by atoms with Crippen LogP contribution in [0.3, 0.4) is 0 Å². The molecule has 0 bridgehead atoms. The molecule has 0 spiro atoms. The van der Waals surface area contributed by atoms with Gasteiger partial charge < -0.3 is 20.3 Å². The number of ether oxygens (including phenoxy) is 1. The van der Waals surface area contributed by atoms with Crippen LogP contribution >= 0.6 is 0 Å². The van der Waals surface area contributed by atoms with E-state index in [1.165, 1.54) is 4.90 Å². The summed E-state index contributed by atoms with van der Waals surface area (Å²) < 4.78 is 5.40. The van der Waals surface area contributed by atoms with Gasteiger partial charge in [0.2, 0.25) is 11.8 Å². The van der Waals surface area contributed by atoms with Gasteiger partial charge in [-0.25, -0.2) is 4.79 Å². The fourth-order valence-electron chi connectivity index (χ4n) is 3.75. The molecule has 2 aromatic rings. The van der Waals surface area contributed by atoms with Crippen molar-refractivity contribution >= 4 is 17.9 Å². The molecule has 0 heterocycles. The van der Waals surface area contributed by atoms with Gasteiger partial charge in [-0.05, 0) is 44.4 Å². The van der Waals surface area contributed by atoms with E-state index in [1.807, 2.05) is 37.3 Å². The van der Waals surface area contributed by atoms with Crippen LogP contribution in [0.25, 0.3) is 0 Å². The molecular weight excluding hydrogens is 454 g/mol. The van der Waals surface area contributed by atoms with Crippen molar-refractivity contribution in [1.29, 1.82) is 0 Å². The number of carbonyl (C=O) groups is 3. The maximum absolute atomic E-state index is 13.8. The predicted octanol–water partition coefficient (Wildman–Crippen LogP) is 4.22. The van der Waals surface area contributed by atoms with Crippen LogP contribution in [0, 0.1) is 12.3 Å². The lowest BCUT2D eigenvalue weighted by molar-refractivity contribution is -0.140. The van der Waals surface area contributed by atoms with Crippen molar-refractivity contribution in [2.24, 2.45) is 0 Å². The lowest BCUT2D eigenvalue weighted by atomic mass is 9.97. The van der Waals surface area contributed by atoms with Crippen LogP contribution in [0.2, 0.25) is 0 Å². The highest BCUT2D eigenvalue weighted by molar-refractivity contribution is 5.92. The minimum Gasteiger partial charge on any atom is -0.444 e. The molecule has 7 nitrogen and oxygen atoms in total. The lowest BCUT2D eigenvalue weighted by Gasteiger charge is -2.32. The second-order valence-corrected chi connectivity index (χ2v) is 9.62. The van der Waals surface area contributed by atoms with E-state index >= 15 is 0 Å². The Hall–Kier alpha value is -3.79. The molecular formula is C29H37N3O4. The minimum atomic E-state index is -0.972. The van der Waals surface area contributed by atoms with E-state index in [0.717, 1.165) is 18.4 Å². The van der Waals surface area contributed by atoms with Crippen LogP contribution in [0.1, 0.15) is 63.3 Å². The third kappa shape index (κ3) is 8.46. The largest absolute Gasteiger partial charge is 0.444 e. The number of likely N-dealkylation sites (N-methyl/N-ethyl adjacent to an activating group) is 1. The molecule has 2 N–H and O–H groups in total. The standard InChI is InChI=1S/C29H37N3O4/c1-7-9-19-30-26(33)25(23-18-14-13-17-22(23)8-2)32(6)27(34)24(20-21-15-11-10-12-16-21)31-28(35)36-29(3,4)5/h2,10-18,24-25H,7,9,19-20H2,1,3-6H3,(H,30,33)(H,31,35). The Morgan fingerprint density at radius 2 is 1.69 bits per heavy atom.